The van der Waals surface area contributed by atoms with Gasteiger partial charge in [-0.05, 0) is 36.8 Å². The van der Waals surface area contributed by atoms with Crippen LogP contribution in [0.3, 0.4) is 0 Å². The van der Waals surface area contributed by atoms with E-state index >= 15 is 0 Å². The zero-order valence-corrected chi connectivity index (χ0v) is 11.3. The summed E-state index contributed by atoms with van der Waals surface area (Å²) in [6.45, 7) is 2.05. The normalized spacial score (nSPS) is 11.0. The SMILES string of the molecule is Cc1ccc(-c2nnc3ccc(N)cn23)c(Br)c1. The van der Waals surface area contributed by atoms with Crippen LogP contribution in [-0.2, 0) is 0 Å². The fraction of sp³-hybridized carbons (Fsp3) is 0.0769. The molecule has 0 saturated carbocycles. The standard InChI is InChI=1S/C13H11BrN4/c1-8-2-4-10(11(14)6-8)13-17-16-12-5-3-9(15)7-18(12)13/h2-7H,15H2,1H3. The molecule has 0 saturated heterocycles. The molecule has 3 aromatic rings. The first-order valence-corrected chi connectivity index (χ1v) is 6.31. The van der Waals surface area contributed by atoms with Crippen LogP contribution in [0.2, 0.25) is 0 Å². The molecule has 0 aliphatic heterocycles. The summed E-state index contributed by atoms with van der Waals surface area (Å²) in [5.41, 5.74) is 9.47. The minimum atomic E-state index is 0.687. The molecule has 1 aromatic carbocycles. The summed E-state index contributed by atoms with van der Waals surface area (Å²) in [5.74, 6) is 0.782. The van der Waals surface area contributed by atoms with E-state index in [1.165, 1.54) is 5.56 Å². The fourth-order valence-electron chi connectivity index (χ4n) is 1.89. The molecule has 0 bridgehead atoms. The molecule has 4 nitrogen and oxygen atoms in total. The number of aryl methyl sites for hydroxylation is 1. The Morgan fingerprint density at radius 2 is 2.00 bits per heavy atom. The first-order chi connectivity index (χ1) is 8.65. The predicted molar refractivity (Wildman–Crippen MR) is 75.3 cm³/mol. The number of nitrogens with two attached hydrogens (primary N) is 1. The number of benzene rings is 1. The topological polar surface area (TPSA) is 56.2 Å². The Labute approximate surface area is 113 Å². The predicted octanol–water partition coefficient (Wildman–Crippen LogP) is 3.05. The maximum atomic E-state index is 5.80. The second-order valence-corrected chi connectivity index (χ2v) is 5.05. The van der Waals surface area contributed by atoms with Crippen LogP contribution in [0.25, 0.3) is 17.0 Å². The number of halogens is 1. The molecule has 0 spiro atoms. The number of nitrogen functional groups attached to an aromatic ring is 1. The Balaban J connectivity index is 2.28. The summed E-state index contributed by atoms with van der Waals surface area (Å²) in [6.07, 6.45) is 1.83. The fourth-order valence-corrected chi connectivity index (χ4v) is 2.56. The number of aromatic nitrogens is 3. The number of fused-ring (bicyclic) bond motifs is 1. The quantitative estimate of drug-likeness (QED) is 0.751. The number of anilines is 1. The third-order valence-electron chi connectivity index (χ3n) is 2.79. The van der Waals surface area contributed by atoms with Crippen LogP contribution in [-0.4, -0.2) is 14.6 Å². The van der Waals surface area contributed by atoms with Gasteiger partial charge in [0.2, 0.25) is 0 Å². The Morgan fingerprint density at radius 1 is 1.17 bits per heavy atom. The average Bonchev–Trinajstić information content (AvgIpc) is 2.72. The zero-order valence-electron chi connectivity index (χ0n) is 9.76. The maximum absolute atomic E-state index is 5.80. The van der Waals surface area contributed by atoms with Gasteiger partial charge in [-0.1, -0.05) is 22.0 Å². The lowest BCUT2D eigenvalue weighted by Gasteiger charge is -2.04. The molecule has 5 heteroatoms. The van der Waals surface area contributed by atoms with E-state index in [9.17, 15) is 0 Å². The van der Waals surface area contributed by atoms with Crippen molar-refractivity contribution in [2.24, 2.45) is 0 Å². The van der Waals surface area contributed by atoms with E-state index in [2.05, 4.69) is 39.1 Å². The van der Waals surface area contributed by atoms with Crippen LogP contribution in [0.15, 0.2) is 41.0 Å². The van der Waals surface area contributed by atoms with Crippen molar-refractivity contribution in [1.29, 1.82) is 0 Å². The van der Waals surface area contributed by atoms with Crippen molar-refractivity contribution >= 4 is 27.3 Å². The molecule has 0 aliphatic rings. The molecule has 0 fully saturated rings. The van der Waals surface area contributed by atoms with Crippen LogP contribution in [0.4, 0.5) is 5.69 Å². The van der Waals surface area contributed by atoms with E-state index in [1.807, 2.05) is 34.9 Å². The molecule has 0 amide bonds. The van der Waals surface area contributed by atoms with Crippen LogP contribution in [0.1, 0.15) is 5.56 Å². The molecule has 2 N–H and O–H groups in total. The van der Waals surface area contributed by atoms with Gasteiger partial charge in [0.15, 0.2) is 11.5 Å². The third kappa shape index (κ3) is 1.76. The first kappa shape index (κ1) is 11.2. The van der Waals surface area contributed by atoms with E-state index < -0.39 is 0 Å². The van der Waals surface area contributed by atoms with E-state index in [4.69, 9.17) is 5.73 Å². The summed E-state index contributed by atoms with van der Waals surface area (Å²) < 4.78 is 2.89. The number of nitrogens with zero attached hydrogens (tertiary/aromatic N) is 3. The summed E-state index contributed by atoms with van der Waals surface area (Å²) in [5, 5.41) is 8.36. The Hall–Kier alpha value is -1.88. The Morgan fingerprint density at radius 3 is 2.78 bits per heavy atom. The molecule has 0 radical (unpaired) electrons. The van der Waals surface area contributed by atoms with Crippen LogP contribution in [0, 0.1) is 6.92 Å². The van der Waals surface area contributed by atoms with Gasteiger partial charge < -0.3 is 5.73 Å². The molecule has 18 heavy (non-hydrogen) atoms. The van der Waals surface area contributed by atoms with Crippen molar-refractivity contribution in [2.75, 3.05) is 5.73 Å². The van der Waals surface area contributed by atoms with Crippen molar-refractivity contribution in [2.45, 2.75) is 6.92 Å². The van der Waals surface area contributed by atoms with Gasteiger partial charge >= 0.3 is 0 Å². The molecular weight excluding hydrogens is 292 g/mol. The van der Waals surface area contributed by atoms with Crippen LogP contribution in [0.5, 0.6) is 0 Å². The van der Waals surface area contributed by atoms with E-state index in [0.29, 0.717) is 5.69 Å². The van der Waals surface area contributed by atoms with Gasteiger partial charge in [-0.25, -0.2) is 0 Å². The van der Waals surface area contributed by atoms with Gasteiger partial charge in [-0.2, -0.15) is 0 Å². The molecule has 0 atom stereocenters. The largest absolute Gasteiger partial charge is 0.398 e. The summed E-state index contributed by atoms with van der Waals surface area (Å²) in [4.78, 5) is 0. The first-order valence-electron chi connectivity index (χ1n) is 5.52. The van der Waals surface area contributed by atoms with Crippen molar-refractivity contribution < 1.29 is 0 Å². The van der Waals surface area contributed by atoms with Crippen molar-refractivity contribution in [3.63, 3.8) is 0 Å². The van der Waals surface area contributed by atoms with Crippen molar-refractivity contribution in [3.8, 4) is 11.4 Å². The van der Waals surface area contributed by atoms with Gasteiger partial charge in [0.05, 0.1) is 0 Å². The number of rotatable bonds is 1. The molecule has 3 rings (SSSR count). The minimum Gasteiger partial charge on any atom is -0.398 e. The van der Waals surface area contributed by atoms with Crippen molar-refractivity contribution in [1.82, 2.24) is 14.6 Å². The number of pyridine rings is 1. The molecule has 2 aromatic heterocycles. The Kier molecular flexibility index (Phi) is 2.56. The molecule has 0 aliphatic carbocycles. The highest BCUT2D eigenvalue weighted by Gasteiger charge is 2.11. The third-order valence-corrected chi connectivity index (χ3v) is 3.45. The highest BCUT2D eigenvalue weighted by Crippen LogP contribution is 2.28. The number of hydrogen-bond donors (Lipinski definition) is 1. The van der Waals surface area contributed by atoms with Gasteiger partial charge in [0, 0.05) is 21.9 Å². The Bertz CT molecular complexity index is 733. The summed E-state index contributed by atoms with van der Waals surface area (Å²) in [7, 11) is 0. The zero-order chi connectivity index (χ0) is 12.7. The molecule has 2 heterocycles. The van der Waals surface area contributed by atoms with Gasteiger partial charge in [0.1, 0.15) is 0 Å². The van der Waals surface area contributed by atoms with Gasteiger partial charge in [-0.15, -0.1) is 10.2 Å². The smallest absolute Gasteiger partial charge is 0.169 e. The van der Waals surface area contributed by atoms with Gasteiger partial charge in [0.25, 0.3) is 0 Å². The molecular formula is C13H11BrN4. The van der Waals surface area contributed by atoms with E-state index in [0.717, 1.165) is 21.5 Å². The maximum Gasteiger partial charge on any atom is 0.169 e. The number of hydrogen-bond acceptors (Lipinski definition) is 3. The lowest BCUT2D eigenvalue weighted by molar-refractivity contribution is 1.11. The monoisotopic (exact) mass is 302 g/mol. The molecule has 0 unspecified atom stereocenters. The van der Waals surface area contributed by atoms with Crippen molar-refractivity contribution in [3.05, 3.63) is 46.6 Å². The van der Waals surface area contributed by atoms with Crippen LogP contribution >= 0.6 is 15.9 Å². The average molecular weight is 303 g/mol. The van der Waals surface area contributed by atoms with Crippen LogP contribution < -0.4 is 5.73 Å². The van der Waals surface area contributed by atoms with E-state index in [1.54, 1.807) is 0 Å². The second kappa shape index (κ2) is 4.10. The highest BCUT2D eigenvalue weighted by molar-refractivity contribution is 9.10. The highest BCUT2D eigenvalue weighted by atomic mass is 79.9. The molecule has 90 valence electrons. The lowest BCUT2D eigenvalue weighted by Crippen LogP contribution is -1.93. The minimum absolute atomic E-state index is 0.687. The summed E-state index contributed by atoms with van der Waals surface area (Å²) >= 11 is 3.56. The second-order valence-electron chi connectivity index (χ2n) is 4.20. The lowest BCUT2D eigenvalue weighted by atomic mass is 10.1. The van der Waals surface area contributed by atoms with Gasteiger partial charge in [-0.3, -0.25) is 4.40 Å². The van der Waals surface area contributed by atoms with E-state index in [-0.39, 0.29) is 0 Å². The summed E-state index contributed by atoms with van der Waals surface area (Å²) in [6, 6.07) is 9.81.